The first-order chi connectivity index (χ1) is 11.5. The molecule has 0 radical (unpaired) electrons. The first-order valence-corrected chi connectivity index (χ1v) is 8.69. The maximum Gasteiger partial charge on any atom is 0.244 e. The van der Waals surface area contributed by atoms with E-state index in [1.165, 1.54) is 6.08 Å². The van der Waals surface area contributed by atoms with Gasteiger partial charge in [0.25, 0.3) is 0 Å². The number of hydrogen-bond donors (Lipinski definition) is 1. The molecule has 1 aromatic heterocycles. The van der Waals surface area contributed by atoms with E-state index in [1.807, 2.05) is 13.0 Å². The second-order valence-corrected chi connectivity index (χ2v) is 6.21. The minimum Gasteiger partial charge on any atom is -0.493 e. The van der Waals surface area contributed by atoms with Gasteiger partial charge in [0.2, 0.25) is 5.91 Å². The Bertz CT molecular complexity index is 742. The summed E-state index contributed by atoms with van der Waals surface area (Å²) in [4.78, 5) is 11.9. The SMILES string of the molecule is CCOc1c(Cl)cc(CNC(=O)/C=C/c2ccc(I)o2)cc1OC. The highest BCUT2D eigenvalue weighted by molar-refractivity contribution is 14.1. The zero-order valence-electron chi connectivity index (χ0n) is 13.3. The van der Waals surface area contributed by atoms with Crippen molar-refractivity contribution < 1.29 is 18.7 Å². The molecule has 0 aliphatic heterocycles. The number of rotatable bonds is 7. The van der Waals surface area contributed by atoms with Gasteiger partial charge in [-0.15, -0.1) is 0 Å². The van der Waals surface area contributed by atoms with Crippen molar-refractivity contribution in [2.24, 2.45) is 0 Å². The number of halogens is 2. The lowest BCUT2D eigenvalue weighted by molar-refractivity contribution is -0.116. The third-order valence-corrected chi connectivity index (χ3v) is 3.90. The van der Waals surface area contributed by atoms with Crippen LogP contribution in [0.5, 0.6) is 11.5 Å². The molecule has 0 unspecified atom stereocenters. The van der Waals surface area contributed by atoms with Crippen molar-refractivity contribution in [2.75, 3.05) is 13.7 Å². The van der Waals surface area contributed by atoms with Crippen molar-refractivity contribution in [3.05, 3.63) is 50.5 Å². The topological polar surface area (TPSA) is 60.7 Å². The molecule has 5 nitrogen and oxygen atoms in total. The number of carbonyl (C=O) groups is 1. The van der Waals surface area contributed by atoms with Gasteiger partial charge in [-0.1, -0.05) is 11.6 Å². The Labute approximate surface area is 159 Å². The number of ether oxygens (including phenoxy) is 2. The minimum atomic E-state index is -0.231. The third kappa shape index (κ3) is 5.17. The highest BCUT2D eigenvalue weighted by Crippen LogP contribution is 2.36. The lowest BCUT2D eigenvalue weighted by Gasteiger charge is -2.13. The molecule has 128 valence electrons. The molecule has 0 spiro atoms. The van der Waals surface area contributed by atoms with Crippen LogP contribution in [0.1, 0.15) is 18.2 Å². The van der Waals surface area contributed by atoms with E-state index in [0.717, 1.165) is 9.33 Å². The van der Waals surface area contributed by atoms with Crippen LogP contribution in [-0.4, -0.2) is 19.6 Å². The van der Waals surface area contributed by atoms with Gasteiger partial charge in [0, 0.05) is 12.6 Å². The van der Waals surface area contributed by atoms with Gasteiger partial charge < -0.3 is 19.2 Å². The van der Waals surface area contributed by atoms with Crippen LogP contribution < -0.4 is 14.8 Å². The van der Waals surface area contributed by atoms with E-state index in [0.29, 0.717) is 35.4 Å². The second-order valence-electron chi connectivity index (χ2n) is 4.74. The second kappa shape index (κ2) is 8.98. The van der Waals surface area contributed by atoms with Crippen LogP contribution in [0.25, 0.3) is 6.08 Å². The number of hydrogen-bond acceptors (Lipinski definition) is 4. The molecule has 0 fully saturated rings. The van der Waals surface area contributed by atoms with E-state index in [4.69, 9.17) is 25.5 Å². The summed E-state index contributed by atoms with van der Waals surface area (Å²) in [6, 6.07) is 7.15. The van der Waals surface area contributed by atoms with Gasteiger partial charge in [-0.3, -0.25) is 4.79 Å². The van der Waals surface area contributed by atoms with Gasteiger partial charge >= 0.3 is 0 Å². The van der Waals surface area contributed by atoms with Crippen molar-refractivity contribution in [2.45, 2.75) is 13.5 Å². The fourth-order valence-corrected chi connectivity index (χ4v) is 2.71. The van der Waals surface area contributed by atoms with Crippen molar-refractivity contribution in [3.8, 4) is 11.5 Å². The third-order valence-electron chi connectivity index (χ3n) is 3.04. The summed E-state index contributed by atoms with van der Waals surface area (Å²) < 4.78 is 16.9. The minimum absolute atomic E-state index is 0.231. The van der Waals surface area contributed by atoms with Gasteiger partial charge in [0.05, 0.1) is 18.7 Å². The Hall–Kier alpha value is -1.67. The average molecular weight is 462 g/mol. The summed E-state index contributed by atoms with van der Waals surface area (Å²) in [6.45, 7) is 2.68. The normalized spacial score (nSPS) is 10.8. The molecule has 7 heteroatoms. The number of methoxy groups -OCH3 is 1. The van der Waals surface area contributed by atoms with Crippen molar-refractivity contribution >= 4 is 46.2 Å². The maximum atomic E-state index is 11.9. The zero-order chi connectivity index (χ0) is 17.5. The summed E-state index contributed by atoms with van der Waals surface area (Å²) in [5.74, 6) is 1.43. The Morgan fingerprint density at radius 1 is 1.42 bits per heavy atom. The molecule has 1 N–H and O–H groups in total. The monoisotopic (exact) mass is 461 g/mol. The molecule has 0 saturated heterocycles. The standard InChI is InChI=1S/C17H17ClINO4/c1-3-23-17-13(18)8-11(9-14(17)22-2)10-20-16(21)7-5-12-4-6-15(19)24-12/h4-9H,3,10H2,1-2H3,(H,20,21)/b7-5+. The number of furan rings is 1. The number of benzene rings is 1. The lowest BCUT2D eigenvalue weighted by atomic mass is 10.2. The molecule has 1 heterocycles. The van der Waals surface area contributed by atoms with Gasteiger partial charge in [-0.2, -0.15) is 0 Å². The predicted octanol–water partition coefficient (Wildman–Crippen LogP) is 4.27. The molecule has 0 saturated carbocycles. The highest BCUT2D eigenvalue weighted by atomic mass is 127. The molecule has 1 aromatic carbocycles. The quantitative estimate of drug-likeness (QED) is 0.494. The van der Waals surface area contributed by atoms with Crippen LogP contribution >= 0.6 is 34.2 Å². The van der Waals surface area contributed by atoms with E-state index in [1.54, 1.807) is 31.4 Å². The summed E-state index contributed by atoms with van der Waals surface area (Å²) in [5, 5.41) is 3.23. The molecule has 2 rings (SSSR count). The van der Waals surface area contributed by atoms with Crippen LogP contribution in [0.3, 0.4) is 0 Å². The molecule has 0 aliphatic rings. The van der Waals surface area contributed by atoms with Gasteiger partial charge in [0.15, 0.2) is 15.3 Å². The predicted molar refractivity (Wildman–Crippen MR) is 101 cm³/mol. The van der Waals surface area contributed by atoms with E-state index < -0.39 is 0 Å². The Kier molecular flexibility index (Phi) is 6.99. The fraction of sp³-hybridized carbons (Fsp3) is 0.235. The summed E-state index contributed by atoms with van der Waals surface area (Å²) in [5.41, 5.74) is 0.814. The first-order valence-electron chi connectivity index (χ1n) is 7.24. The van der Waals surface area contributed by atoms with E-state index in [-0.39, 0.29) is 5.91 Å². The lowest BCUT2D eigenvalue weighted by Crippen LogP contribution is -2.20. The molecule has 1 amide bonds. The van der Waals surface area contributed by atoms with E-state index in [9.17, 15) is 4.79 Å². The molecular formula is C17H17ClINO4. The number of nitrogens with one attached hydrogen (secondary N) is 1. The summed E-state index contributed by atoms with van der Waals surface area (Å²) in [7, 11) is 1.55. The smallest absolute Gasteiger partial charge is 0.244 e. The van der Waals surface area contributed by atoms with Crippen LogP contribution in [-0.2, 0) is 11.3 Å². The zero-order valence-corrected chi connectivity index (χ0v) is 16.2. The molecular weight excluding hydrogens is 445 g/mol. The molecule has 2 aromatic rings. The molecule has 0 aliphatic carbocycles. The Balaban J connectivity index is 1.99. The summed E-state index contributed by atoms with van der Waals surface area (Å²) >= 11 is 8.27. The van der Waals surface area contributed by atoms with Crippen LogP contribution in [0.2, 0.25) is 5.02 Å². The summed E-state index contributed by atoms with van der Waals surface area (Å²) in [6.07, 6.45) is 3.03. The van der Waals surface area contributed by atoms with E-state index in [2.05, 4.69) is 27.9 Å². The van der Waals surface area contributed by atoms with Gasteiger partial charge in [-0.25, -0.2) is 0 Å². The van der Waals surface area contributed by atoms with Crippen molar-refractivity contribution in [1.29, 1.82) is 0 Å². The van der Waals surface area contributed by atoms with Gasteiger partial charge in [0.1, 0.15) is 5.76 Å². The first kappa shape index (κ1) is 18.7. The van der Waals surface area contributed by atoms with Crippen molar-refractivity contribution in [3.63, 3.8) is 0 Å². The molecule has 0 bridgehead atoms. The fourth-order valence-electron chi connectivity index (χ4n) is 1.98. The number of amides is 1. The number of carbonyl (C=O) groups excluding carboxylic acids is 1. The Morgan fingerprint density at radius 3 is 2.83 bits per heavy atom. The maximum absolute atomic E-state index is 11.9. The highest BCUT2D eigenvalue weighted by Gasteiger charge is 2.11. The largest absolute Gasteiger partial charge is 0.493 e. The van der Waals surface area contributed by atoms with Crippen molar-refractivity contribution in [1.82, 2.24) is 5.32 Å². The van der Waals surface area contributed by atoms with Gasteiger partial charge in [-0.05, 0) is 65.4 Å². The molecule has 24 heavy (non-hydrogen) atoms. The van der Waals surface area contributed by atoms with Crippen LogP contribution in [0.4, 0.5) is 0 Å². The molecule has 0 atom stereocenters. The van der Waals surface area contributed by atoms with Crippen LogP contribution in [0.15, 0.2) is 34.8 Å². The Morgan fingerprint density at radius 2 is 2.21 bits per heavy atom. The van der Waals surface area contributed by atoms with Crippen LogP contribution in [0, 0.1) is 3.77 Å². The van der Waals surface area contributed by atoms with E-state index >= 15 is 0 Å². The average Bonchev–Trinajstić information content (AvgIpc) is 2.98.